The van der Waals surface area contributed by atoms with Crippen LogP contribution >= 0.6 is 0 Å². The smallest absolute Gasteiger partial charge is 0.242 e. The van der Waals surface area contributed by atoms with Gasteiger partial charge in [0.05, 0.1) is 13.7 Å². The van der Waals surface area contributed by atoms with Gasteiger partial charge in [0.15, 0.2) is 0 Å². The molecule has 0 saturated carbocycles. The van der Waals surface area contributed by atoms with Crippen LogP contribution in [0, 0.1) is 0 Å². The predicted octanol–water partition coefficient (Wildman–Crippen LogP) is 0.777. The fourth-order valence-corrected chi connectivity index (χ4v) is 2.94. The highest BCUT2D eigenvalue weighted by Gasteiger charge is 2.24. The van der Waals surface area contributed by atoms with Crippen LogP contribution in [0.5, 0.6) is 5.75 Å². The van der Waals surface area contributed by atoms with Gasteiger partial charge < -0.3 is 19.4 Å². The van der Waals surface area contributed by atoms with Crippen LogP contribution in [0.4, 0.5) is 0 Å². The number of methoxy groups -OCH3 is 1. The molecule has 1 heterocycles. The van der Waals surface area contributed by atoms with Crippen molar-refractivity contribution in [1.29, 1.82) is 0 Å². The number of benzene rings is 1. The number of rotatable bonds is 6. The van der Waals surface area contributed by atoms with E-state index in [0.717, 1.165) is 11.3 Å². The van der Waals surface area contributed by atoms with Crippen LogP contribution in [0.1, 0.15) is 19.4 Å². The first-order chi connectivity index (χ1) is 12.4. The molecular weight excluding hydrogens is 334 g/mol. The van der Waals surface area contributed by atoms with E-state index in [1.807, 2.05) is 24.3 Å². The fraction of sp³-hybridized carbons (Fsp3) is 0.526. The third-order valence-electron chi connectivity index (χ3n) is 4.68. The molecule has 7 heteroatoms. The van der Waals surface area contributed by atoms with Gasteiger partial charge in [-0.3, -0.25) is 14.4 Å². The second-order valence-corrected chi connectivity index (χ2v) is 6.43. The molecule has 0 aliphatic carbocycles. The van der Waals surface area contributed by atoms with Gasteiger partial charge in [0.1, 0.15) is 5.75 Å². The maximum atomic E-state index is 12.5. The fourth-order valence-electron chi connectivity index (χ4n) is 2.94. The van der Waals surface area contributed by atoms with Crippen molar-refractivity contribution >= 4 is 17.7 Å². The first kappa shape index (κ1) is 19.8. The van der Waals surface area contributed by atoms with Crippen LogP contribution in [0.3, 0.4) is 0 Å². The standard InChI is InChI=1S/C19H27N3O4/c1-15(23)20-10-12-21(13-11-20)19(25)14-22(16(2)24)9-8-17-4-6-18(26-3)7-5-17/h4-7H,8-14H2,1-3H3. The zero-order valence-corrected chi connectivity index (χ0v) is 15.7. The van der Waals surface area contributed by atoms with Gasteiger partial charge in [-0.1, -0.05) is 12.1 Å². The summed E-state index contributed by atoms with van der Waals surface area (Å²) >= 11 is 0. The highest BCUT2D eigenvalue weighted by atomic mass is 16.5. The van der Waals surface area contributed by atoms with Gasteiger partial charge in [0, 0.05) is 46.6 Å². The van der Waals surface area contributed by atoms with Crippen LogP contribution < -0.4 is 4.74 Å². The maximum Gasteiger partial charge on any atom is 0.242 e. The number of hydrogen-bond donors (Lipinski definition) is 0. The van der Waals surface area contributed by atoms with E-state index < -0.39 is 0 Å². The van der Waals surface area contributed by atoms with Crippen molar-refractivity contribution in [2.75, 3.05) is 46.4 Å². The summed E-state index contributed by atoms with van der Waals surface area (Å²) in [6.45, 7) is 5.71. The van der Waals surface area contributed by atoms with E-state index in [1.165, 1.54) is 13.8 Å². The molecular formula is C19H27N3O4. The molecule has 0 bridgehead atoms. The SMILES string of the molecule is COc1ccc(CCN(CC(=O)N2CCN(C(C)=O)CC2)C(C)=O)cc1. The van der Waals surface area contributed by atoms with Crippen molar-refractivity contribution in [3.05, 3.63) is 29.8 Å². The third kappa shape index (κ3) is 5.47. The van der Waals surface area contributed by atoms with Crippen molar-refractivity contribution in [1.82, 2.24) is 14.7 Å². The van der Waals surface area contributed by atoms with Gasteiger partial charge in [-0.15, -0.1) is 0 Å². The van der Waals surface area contributed by atoms with E-state index in [-0.39, 0.29) is 24.3 Å². The van der Waals surface area contributed by atoms with E-state index in [4.69, 9.17) is 4.74 Å². The molecule has 1 aliphatic rings. The van der Waals surface area contributed by atoms with Crippen LogP contribution in [0.2, 0.25) is 0 Å². The summed E-state index contributed by atoms with van der Waals surface area (Å²) in [5.41, 5.74) is 1.08. The van der Waals surface area contributed by atoms with Crippen molar-refractivity contribution in [2.24, 2.45) is 0 Å². The molecule has 0 aromatic heterocycles. The van der Waals surface area contributed by atoms with Gasteiger partial charge in [-0.2, -0.15) is 0 Å². The van der Waals surface area contributed by atoms with Crippen LogP contribution in [-0.4, -0.2) is 78.8 Å². The molecule has 7 nitrogen and oxygen atoms in total. The van der Waals surface area contributed by atoms with E-state index in [2.05, 4.69) is 0 Å². The monoisotopic (exact) mass is 361 g/mol. The number of amides is 3. The molecule has 0 N–H and O–H groups in total. The maximum absolute atomic E-state index is 12.5. The van der Waals surface area contributed by atoms with E-state index in [0.29, 0.717) is 39.1 Å². The first-order valence-corrected chi connectivity index (χ1v) is 8.82. The molecule has 0 atom stereocenters. The average Bonchev–Trinajstić information content (AvgIpc) is 2.65. The van der Waals surface area contributed by atoms with Gasteiger partial charge >= 0.3 is 0 Å². The van der Waals surface area contributed by atoms with Crippen molar-refractivity contribution in [2.45, 2.75) is 20.3 Å². The lowest BCUT2D eigenvalue weighted by Gasteiger charge is -2.35. The van der Waals surface area contributed by atoms with Crippen molar-refractivity contribution in [3.8, 4) is 5.75 Å². The predicted molar refractivity (Wildman–Crippen MR) is 97.8 cm³/mol. The summed E-state index contributed by atoms with van der Waals surface area (Å²) in [4.78, 5) is 40.8. The minimum atomic E-state index is -0.116. The summed E-state index contributed by atoms with van der Waals surface area (Å²) in [6.07, 6.45) is 0.676. The van der Waals surface area contributed by atoms with Crippen molar-refractivity contribution in [3.63, 3.8) is 0 Å². The number of hydrogen-bond acceptors (Lipinski definition) is 4. The lowest BCUT2D eigenvalue weighted by Crippen LogP contribution is -2.52. The minimum Gasteiger partial charge on any atom is -0.497 e. The molecule has 3 amide bonds. The molecule has 1 aromatic carbocycles. The Labute approximate surface area is 154 Å². The van der Waals surface area contributed by atoms with Crippen LogP contribution in [-0.2, 0) is 20.8 Å². The average molecular weight is 361 g/mol. The Morgan fingerprint density at radius 3 is 2.08 bits per heavy atom. The summed E-state index contributed by atoms with van der Waals surface area (Å²) in [5.74, 6) is 0.631. The number of carbonyl (C=O) groups is 3. The van der Waals surface area contributed by atoms with E-state index in [9.17, 15) is 14.4 Å². The minimum absolute atomic E-state index is 0.0296. The molecule has 1 aromatic rings. The zero-order valence-electron chi connectivity index (χ0n) is 15.7. The van der Waals surface area contributed by atoms with Gasteiger partial charge in [-0.25, -0.2) is 0 Å². The van der Waals surface area contributed by atoms with Crippen LogP contribution in [0.15, 0.2) is 24.3 Å². The molecule has 1 saturated heterocycles. The van der Waals surface area contributed by atoms with E-state index in [1.54, 1.807) is 21.8 Å². The van der Waals surface area contributed by atoms with E-state index >= 15 is 0 Å². The molecule has 2 rings (SSSR count). The normalized spacial score (nSPS) is 14.1. The molecule has 0 unspecified atom stereocenters. The Kier molecular flexibility index (Phi) is 7.00. The van der Waals surface area contributed by atoms with Gasteiger partial charge in [-0.05, 0) is 24.1 Å². The topological polar surface area (TPSA) is 70.2 Å². The summed E-state index contributed by atoms with van der Waals surface area (Å²) in [7, 11) is 1.62. The molecule has 0 spiro atoms. The van der Waals surface area contributed by atoms with Crippen molar-refractivity contribution < 1.29 is 19.1 Å². The first-order valence-electron chi connectivity index (χ1n) is 8.82. The summed E-state index contributed by atoms with van der Waals surface area (Å²) in [5, 5.41) is 0. The molecule has 26 heavy (non-hydrogen) atoms. The largest absolute Gasteiger partial charge is 0.497 e. The zero-order chi connectivity index (χ0) is 19.1. The molecule has 142 valence electrons. The summed E-state index contributed by atoms with van der Waals surface area (Å²) < 4.78 is 5.14. The Balaban J connectivity index is 1.86. The Morgan fingerprint density at radius 2 is 1.58 bits per heavy atom. The second kappa shape index (κ2) is 9.22. The summed E-state index contributed by atoms with van der Waals surface area (Å²) in [6, 6.07) is 7.68. The Hall–Kier alpha value is -2.57. The number of nitrogens with zero attached hydrogens (tertiary/aromatic N) is 3. The second-order valence-electron chi connectivity index (χ2n) is 6.43. The lowest BCUT2D eigenvalue weighted by atomic mass is 10.1. The third-order valence-corrected chi connectivity index (χ3v) is 4.68. The van der Waals surface area contributed by atoms with Gasteiger partial charge in [0.25, 0.3) is 0 Å². The highest BCUT2D eigenvalue weighted by molar-refractivity contribution is 5.84. The Bertz CT molecular complexity index is 637. The molecule has 1 aliphatic heterocycles. The lowest BCUT2D eigenvalue weighted by molar-refractivity contribution is -0.142. The quantitative estimate of drug-likeness (QED) is 0.751. The molecule has 1 fully saturated rings. The molecule has 0 radical (unpaired) electrons. The number of piperazine rings is 1. The number of ether oxygens (including phenoxy) is 1. The Morgan fingerprint density at radius 1 is 1.00 bits per heavy atom. The van der Waals surface area contributed by atoms with Crippen LogP contribution in [0.25, 0.3) is 0 Å². The number of carbonyl (C=O) groups excluding carboxylic acids is 3. The van der Waals surface area contributed by atoms with Gasteiger partial charge in [0.2, 0.25) is 17.7 Å². The highest BCUT2D eigenvalue weighted by Crippen LogP contribution is 2.12.